The molecule has 2 aromatic rings. The fourth-order valence-electron chi connectivity index (χ4n) is 1.76. The Morgan fingerprint density at radius 2 is 1.95 bits per heavy atom. The highest BCUT2D eigenvalue weighted by Crippen LogP contribution is 2.15. The third kappa shape index (κ3) is 3.75. The van der Waals surface area contributed by atoms with Crippen molar-refractivity contribution in [1.29, 1.82) is 0 Å². The Bertz CT molecular complexity index is 735. The van der Waals surface area contributed by atoms with Crippen LogP contribution in [0.1, 0.15) is 5.56 Å². The Balaban J connectivity index is 2.04. The fourth-order valence-corrected chi connectivity index (χ4v) is 1.76. The predicted octanol–water partition coefficient (Wildman–Crippen LogP) is 1.70. The van der Waals surface area contributed by atoms with Gasteiger partial charge in [0, 0.05) is 30.1 Å². The number of nitrogens with one attached hydrogen (secondary N) is 1. The van der Waals surface area contributed by atoms with Gasteiger partial charge in [-0.25, -0.2) is 0 Å². The molecule has 0 bridgehead atoms. The molecule has 1 N–H and O–H groups in total. The third-order valence-corrected chi connectivity index (χ3v) is 2.83. The quantitative estimate of drug-likeness (QED) is 0.684. The summed E-state index contributed by atoms with van der Waals surface area (Å²) in [4.78, 5) is 33.5. The fraction of sp³-hybridized carbons (Fsp3) is 0.143. The Labute approximate surface area is 120 Å². The number of amides is 1. The maximum atomic E-state index is 11.8. The average Bonchev–Trinajstić information content (AvgIpc) is 2.42. The van der Waals surface area contributed by atoms with Crippen LogP contribution in [0.2, 0.25) is 0 Å². The van der Waals surface area contributed by atoms with Crippen LogP contribution in [0.5, 0.6) is 0 Å². The number of hydrogen-bond donors (Lipinski definition) is 1. The van der Waals surface area contributed by atoms with Gasteiger partial charge in [0.1, 0.15) is 6.54 Å². The molecule has 1 heterocycles. The lowest BCUT2D eigenvalue weighted by Gasteiger charge is -2.07. The second-order valence-corrected chi connectivity index (χ2v) is 4.52. The summed E-state index contributed by atoms with van der Waals surface area (Å²) in [6.07, 6.45) is 1.55. The summed E-state index contributed by atoms with van der Waals surface area (Å²) in [5.41, 5.74) is 0.953. The van der Waals surface area contributed by atoms with Crippen molar-refractivity contribution in [3.8, 4) is 0 Å². The largest absolute Gasteiger partial charge is 0.325 e. The molecule has 0 saturated heterocycles. The number of non-ortho nitro benzene ring substituents is 1. The first kappa shape index (κ1) is 14.4. The van der Waals surface area contributed by atoms with E-state index in [-0.39, 0.29) is 23.7 Å². The molecule has 7 nitrogen and oxygen atoms in total. The highest BCUT2D eigenvalue weighted by Gasteiger charge is 2.07. The first-order valence-electron chi connectivity index (χ1n) is 6.17. The summed E-state index contributed by atoms with van der Waals surface area (Å²) >= 11 is 0. The van der Waals surface area contributed by atoms with Crippen LogP contribution in [0.4, 0.5) is 11.4 Å². The summed E-state index contributed by atoms with van der Waals surface area (Å²) in [6.45, 7) is 1.68. The van der Waals surface area contributed by atoms with Crippen LogP contribution in [-0.4, -0.2) is 15.4 Å². The van der Waals surface area contributed by atoms with Crippen LogP contribution in [-0.2, 0) is 11.3 Å². The Morgan fingerprint density at radius 1 is 1.29 bits per heavy atom. The molecule has 0 radical (unpaired) electrons. The zero-order chi connectivity index (χ0) is 15.4. The number of aryl methyl sites for hydroxylation is 1. The number of carbonyl (C=O) groups is 1. The Hall–Kier alpha value is -2.96. The molecular weight excluding hydrogens is 274 g/mol. The molecule has 108 valence electrons. The van der Waals surface area contributed by atoms with Crippen LogP contribution in [0.25, 0.3) is 0 Å². The lowest BCUT2D eigenvalue weighted by molar-refractivity contribution is -0.384. The molecule has 7 heteroatoms. The van der Waals surface area contributed by atoms with Crippen LogP contribution in [0.15, 0.2) is 47.4 Å². The third-order valence-electron chi connectivity index (χ3n) is 2.83. The number of nitro groups is 1. The van der Waals surface area contributed by atoms with Crippen molar-refractivity contribution in [2.75, 3.05) is 5.32 Å². The van der Waals surface area contributed by atoms with E-state index in [1.807, 2.05) is 0 Å². The number of nitro benzene ring substituents is 1. The Morgan fingerprint density at radius 3 is 2.52 bits per heavy atom. The first-order chi connectivity index (χ1) is 9.95. The van der Waals surface area contributed by atoms with Gasteiger partial charge in [0.05, 0.1) is 4.92 Å². The monoisotopic (exact) mass is 287 g/mol. The molecule has 0 aliphatic rings. The highest BCUT2D eigenvalue weighted by atomic mass is 16.6. The van der Waals surface area contributed by atoms with Crippen molar-refractivity contribution in [3.63, 3.8) is 0 Å². The van der Waals surface area contributed by atoms with Crippen molar-refractivity contribution in [2.45, 2.75) is 13.5 Å². The number of nitrogens with zero attached hydrogens (tertiary/aromatic N) is 2. The van der Waals surface area contributed by atoms with E-state index >= 15 is 0 Å². The molecule has 0 unspecified atom stereocenters. The summed E-state index contributed by atoms with van der Waals surface area (Å²) in [5.74, 6) is -0.380. The standard InChI is InChI=1S/C14H13N3O4/c1-10-6-7-16(14(19)8-10)9-13(18)15-11-2-4-12(5-3-11)17(20)21/h2-8H,9H2,1H3,(H,15,18). The minimum Gasteiger partial charge on any atom is -0.325 e. The molecule has 0 atom stereocenters. The summed E-state index contributed by atoms with van der Waals surface area (Å²) in [5, 5.41) is 13.1. The molecule has 1 amide bonds. The maximum absolute atomic E-state index is 11.8. The van der Waals surface area contributed by atoms with E-state index in [1.54, 1.807) is 19.2 Å². The van der Waals surface area contributed by atoms with Gasteiger partial charge >= 0.3 is 0 Å². The van der Waals surface area contributed by atoms with Crippen molar-refractivity contribution < 1.29 is 9.72 Å². The average molecular weight is 287 g/mol. The molecule has 0 saturated carbocycles. The van der Waals surface area contributed by atoms with Crippen molar-refractivity contribution >= 4 is 17.3 Å². The minimum absolute atomic E-state index is 0.0530. The van der Waals surface area contributed by atoms with Gasteiger partial charge < -0.3 is 9.88 Å². The van der Waals surface area contributed by atoms with E-state index in [4.69, 9.17) is 0 Å². The van der Waals surface area contributed by atoms with Gasteiger partial charge in [-0.3, -0.25) is 19.7 Å². The number of carbonyl (C=O) groups excluding carboxylic acids is 1. The van der Waals surface area contributed by atoms with Crippen molar-refractivity contribution in [1.82, 2.24) is 4.57 Å². The molecule has 1 aromatic heterocycles. The van der Waals surface area contributed by atoms with E-state index in [0.717, 1.165) is 5.56 Å². The molecule has 0 fully saturated rings. The zero-order valence-electron chi connectivity index (χ0n) is 11.3. The Kier molecular flexibility index (Phi) is 4.13. The number of anilines is 1. The number of rotatable bonds is 4. The number of hydrogen-bond acceptors (Lipinski definition) is 4. The molecular formula is C14H13N3O4. The van der Waals surface area contributed by atoms with Crippen molar-refractivity contribution in [2.24, 2.45) is 0 Å². The lowest BCUT2D eigenvalue weighted by Crippen LogP contribution is -2.26. The van der Waals surface area contributed by atoms with Gasteiger partial charge in [-0.2, -0.15) is 0 Å². The van der Waals surface area contributed by atoms with E-state index in [2.05, 4.69) is 5.32 Å². The summed E-state index contributed by atoms with van der Waals surface area (Å²) < 4.78 is 1.29. The van der Waals surface area contributed by atoms with E-state index in [1.165, 1.54) is 34.9 Å². The van der Waals surface area contributed by atoms with E-state index in [0.29, 0.717) is 5.69 Å². The van der Waals surface area contributed by atoms with Gasteiger partial charge in [0.15, 0.2) is 0 Å². The van der Waals surface area contributed by atoms with Crippen LogP contribution < -0.4 is 10.9 Å². The normalized spacial score (nSPS) is 10.1. The van der Waals surface area contributed by atoms with Crippen molar-refractivity contribution in [3.05, 3.63) is 68.6 Å². The smallest absolute Gasteiger partial charge is 0.269 e. The first-order valence-corrected chi connectivity index (χ1v) is 6.17. The second-order valence-electron chi connectivity index (χ2n) is 4.52. The topological polar surface area (TPSA) is 94.2 Å². The molecule has 0 aliphatic heterocycles. The SMILES string of the molecule is Cc1ccn(CC(=O)Nc2ccc([N+](=O)[O-])cc2)c(=O)c1. The molecule has 0 aliphatic carbocycles. The van der Waals surface area contributed by atoms with Crippen LogP contribution >= 0.6 is 0 Å². The molecule has 21 heavy (non-hydrogen) atoms. The van der Waals surface area contributed by atoms with E-state index in [9.17, 15) is 19.7 Å². The van der Waals surface area contributed by atoms with Gasteiger partial charge in [0.25, 0.3) is 11.2 Å². The van der Waals surface area contributed by atoms with Gasteiger partial charge in [-0.1, -0.05) is 0 Å². The van der Waals surface area contributed by atoms with Crippen LogP contribution in [0.3, 0.4) is 0 Å². The number of benzene rings is 1. The lowest BCUT2D eigenvalue weighted by atomic mass is 10.3. The zero-order valence-corrected chi connectivity index (χ0v) is 11.3. The molecule has 2 rings (SSSR count). The minimum atomic E-state index is -0.516. The number of pyridine rings is 1. The maximum Gasteiger partial charge on any atom is 0.269 e. The van der Waals surface area contributed by atoms with Crippen LogP contribution in [0, 0.1) is 17.0 Å². The highest BCUT2D eigenvalue weighted by molar-refractivity contribution is 5.90. The van der Waals surface area contributed by atoms with Gasteiger partial charge in [0.2, 0.25) is 5.91 Å². The second kappa shape index (κ2) is 6.00. The van der Waals surface area contributed by atoms with Gasteiger partial charge in [-0.15, -0.1) is 0 Å². The summed E-state index contributed by atoms with van der Waals surface area (Å²) in [6, 6.07) is 8.66. The van der Waals surface area contributed by atoms with Gasteiger partial charge in [-0.05, 0) is 30.7 Å². The summed E-state index contributed by atoms with van der Waals surface area (Å²) in [7, 11) is 0. The molecule has 1 aromatic carbocycles. The predicted molar refractivity (Wildman–Crippen MR) is 77.2 cm³/mol. The molecule has 0 spiro atoms. The van der Waals surface area contributed by atoms with E-state index < -0.39 is 4.92 Å². The number of aromatic nitrogens is 1.